The number of allylic oxidation sites excluding steroid dienone is 1. The van der Waals surface area contributed by atoms with Gasteiger partial charge in [-0.25, -0.2) is 28.7 Å². The van der Waals surface area contributed by atoms with Crippen LogP contribution in [0.15, 0.2) is 65.9 Å². The molecule has 5 aromatic heterocycles. The fourth-order valence-corrected chi connectivity index (χ4v) is 11.6. The number of rotatable bonds is 17. The molecule has 19 nitrogen and oxygen atoms in total. The molecule has 5 aliphatic heterocycles. The van der Waals surface area contributed by atoms with Crippen molar-refractivity contribution >= 4 is 62.5 Å². The van der Waals surface area contributed by atoms with Crippen molar-refractivity contribution in [2.75, 3.05) is 73.4 Å². The lowest BCUT2D eigenvalue weighted by Crippen LogP contribution is -2.53. The van der Waals surface area contributed by atoms with Gasteiger partial charge in [-0.15, -0.1) is 0 Å². The molecule has 4 fully saturated rings. The summed E-state index contributed by atoms with van der Waals surface area (Å²) in [4.78, 5) is 58.9. The minimum Gasteiger partial charge on any atom is -0.493 e. The molecular weight excluding hydrogens is 1020 g/mol. The molecule has 12 rings (SSSR count). The van der Waals surface area contributed by atoms with Crippen LogP contribution < -0.4 is 28.4 Å². The first-order chi connectivity index (χ1) is 38.4. The molecule has 1 atom stereocenters. The van der Waals surface area contributed by atoms with Crippen LogP contribution in [0, 0.1) is 30.5 Å². The lowest BCUT2D eigenvalue weighted by molar-refractivity contribution is -0.211. The monoisotopic (exact) mass is 1080 g/mol. The average molecular weight is 1080 g/mol. The zero-order valence-corrected chi connectivity index (χ0v) is 44.5. The van der Waals surface area contributed by atoms with E-state index < -0.39 is 17.7 Å². The Morgan fingerprint density at radius 1 is 0.747 bits per heavy atom. The van der Waals surface area contributed by atoms with Gasteiger partial charge in [0.15, 0.2) is 40.4 Å². The highest BCUT2D eigenvalue weighted by molar-refractivity contribution is 5.90. The maximum absolute atomic E-state index is 17.0. The largest absolute Gasteiger partial charge is 0.493 e. The SMILES string of the molecule is COc1cc2c(Oc3cnc4[nH]c(C)c(C5OCC56CCN(C(=O)CCCOc5cc7ncnc(OC8=C(F)c9cc(C)[nH]c9N=CC8)c7cc5OC)CC6)c4c3F)ccnc2cc1OCCCC(=O)N1CCC2(CC1)COC2. The molecule has 2 spiro atoms. The minimum absolute atomic E-state index is 0.0158. The molecule has 0 radical (unpaired) electrons. The highest BCUT2D eigenvalue weighted by atomic mass is 19.1. The summed E-state index contributed by atoms with van der Waals surface area (Å²) in [5.41, 5.74) is 3.92. The van der Waals surface area contributed by atoms with E-state index in [1.54, 1.807) is 55.9 Å². The summed E-state index contributed by atoms with van der Waals surface area (Å²) >= 11 is 0. The van der Waals surface area contributed by atoms with Crippen molar-refractivity contribution in [2.45, 2.75) is 77.7 Å². The van der Waals surface area contributed by atoms with E-state index in [4.69, 9.17) is 37.9 Å². The molecule has 5 aliphatic rings. The molecule has 79 heavy (non-hydrogen) atoms. The number of methoxy groups -OCH3 is 2. The number of carbonyl (C=O) groups is 2. The van der Waals surface area contributed by atoms with Gasteiger partial charge >= 0.3 is 0 Å². The molecule has 0 aliphatic carbocycles. The standard InChI is InChI=1S/C58H61F2N9O10/c1-33-23-37-51(59)41(10-16-62-54(37)66-33)79-56-36-25-43(73-4)45(27-39(36)64-32-65-56)76-22-6-8-48(71)69-19-13-58(14-20-69)31-77-53(58)49-34(2)67-55-50(49)52(60)46(28-63-55)78-40-9-15-61-38-26-44(42(72-3)24-35(38)40)75-21-5-7-47(70)68-17-11-57(12-18-68)29-74-30-57/h9,15-16,23-28,32,53,66H,5-8,10-14,17-22,29-31H2,1-4H3,(H,63,67). The molecule has 2 amide bonds. The molecule has 0 saturated carbocycles. The second-order valence-corrected chi connectivity index (χ2v) is 21.2. The van der Waals surface area contributed by atoms with Crippen LogP contribution in [0.5, 0.6) is 40.4 Å². The first-order valence-electron chi connectivity index (χ1n) is 26.9. The Morgan fingerprint density at radius 3 is 2.06 bits per heavy atom. The summed E-state index contributed by atoms with van der Waals surface area (Å²) in [6, 6.07) is 10.3. The summed E-state index contributed by atoms with van der Waals surface area (Å²) < 4.78 is 80.4. The molecular formula is C58H61F2N9O10. The number of pyridine rings is 2. The Labute approximate surface area is 453 Å². The lowest BCUT2D eigenvalue weighted by Gasteiger charge is -2.53. The zero-order chi connectivity index (χ0) is 54.4. The van der Waals surface area contributed by atoms with Crippen LogP contribution in [0.1, 0.15) is 86.4 Å². The van der Waals surface area contributed by atoms with Gasteiger partial charge in [-0.2, -0.15) is 0 Å². The van der Waals surface area contributed by atoms with Gasteiger partial charge in [0.05, 0.1) is 86.9 Å². The summed E-state index contributed by atoms with van der Waals surface area (Å²) in [7, 11) is 3.06. The fraction of sp³-hybridized carbons (Fsp3) is 0.431. The number of hydrogen-bond acceptors (Lipinski definition) is 15. The highest BCUT2D eigenvalue weighted by Crippen LogP contribution is 2.56. The number of likely N-dealkylation sites (tertiary alicyclic amines) is 2. The number of hydrogen-bond donors (Lipinski definition) is 2. The predicted octanol–water partition coefficient (Wildman–Crippen LogP) is 10.1. The molecule has 2 N–H and O–H groups in total. The van der Waals surface area contributed by atoms with Crippen molar-refractivity contribution in [3.8, 4) is 40.4 Å². The first kappa shape index (κ1) is 51.8. The first-order valence-corrected chi connectivity index (χ1v) is 26.9. The highest BCUT2D eigenvalue weighted by Gasteiger charge is 2.52. The topological polar surface area (TPSA) is 210 Å². The number of aromatic nitrogens is 6. The van der Waals surface area contributed by atoms with Crippen LogP contribution >= 0.6 is 0 Å². The molecule has 21 heteroatoms. The van der Waals surface area contributed by atoms with Gasteiger partial charge in [-0.1, -0.05) is 0 Å². The zero-order valence-electron chi connectivity index (χ0n) is 44.5. The van der Waals surface area contributed by atoms with Gasteiger partial charge in [-0.3, -0.25) is 14.6 Å². The Kier molecular flexibility index (Phi) is 14.0. The maximum Gasteiger partial charge on any atom is 0.230 e. The van der Waals surface area contributed by atoms with Crippen LogP contribution in [-0.4, -0.2) is 131 Å². The van der Waals surface area contributed by atoms with Crippen molar-refractivity contribution in [1.82, 2.24) is 39.7 Å². The Morgan fingerprint density at radius 2 is 1.42 bits per heavy atom. The molecule has 4 saturated heterocycles. The molecule has 2 aromatic carbocycles. The van der Waals surface area contributed by atoms with Crippen LogP contribution in [0.3, 0.4) is 0 Å². The van der Waals surface area contributed by atoms with Crippen LogP contribution in [-0.2, 0) is 19.1 Å². The number of piperidine rings is 2. The van der Waals surface area contributed by atoms with Crippen molar-refractivity contribution in [3.05, 3.63) is 89.2 Å². The molecule has 0 bridgehead atoms. The fourth-order valence-electron chi connectivity index (χ4n) is 11.6. The molecule has 10 heterocycles. The number of amides is 2. The Balaban J connectivity index is 0.656. The number of halogens is 2. The van der Waals surface area contributed by atoms with Crippen molar-refractivity contribution in [2.24, 2.45) is 15.8 Å². The number of ether oxygens (including phenoxy) is 8. The van der Waals surface area contributed by atoms with Gasteiger partial charge < -0.3 is 57.7 Å². The van der Waals surface area contributed by atoms with E-state index in [2.05, 4.69) is 34.9 Å². The Hall–Kier alpha value is -7.91. The number of benzene rings is 2. The quantitative estimate of drug-likeness (QED) is 0.0814. The van der Waals surface area contributed by atoms with Gasteiger partial charge in [0.25, 0.3) is 0 Å². The van der Waals surface area contributed by atoms with E-state index >= 15 is 8.78 Å². The van der Waals surface area contributed by atoms with Gasteiger partial charge in [0.2, 0.25) is 17.7 Å². The van der Waals surface area contributed by atoms with Crippen molar-refractivity contribution in [3.63, 3.8) is 0 Å². The van der Waals surface area contributed by atoms with E-state index in [0.717, 1.165) is 50.5 Å². The van der Waals surface area contributed by atoms with Gasteiger partial charge in [0.1, 0.15) is 29.3 Å². The third kappa shape index (κ3) is 9.91. The van der Waals surface area contributed by atoms with E-state index in [9.17, 15) is 9.59 Å². The maximum atomic E-state index is 17.0. The predicted molar refractivity (Wildman–Crippen MR) is 288 cm³/mol. The van der Waals surface area contributed by atoms with Crippen molar-refractivity contribution < 1.29 is 56.3 Å². The average Bonchev–Trinajstić information content (AvgIpc) is 4.19. The van der Waals surface area contributed by atoms with E-state index in [1.807, 2.05) is 23.6 Å². The number of aryl methyl sites for hydroxylation is 2. The van der Waals surface area contributed by atoms with E-state index in [1.165, 1.54) is 19.6 Å². The third-order valence-corrected chi connectivity index (χ3v) is 16.2. The molecule has 412 valence electrons. The lowest BCUT2D eigenvalue weighted by atomic mass is 9.68. The van der Waals surface area contributed by atoms with Crippen LogP contribution in [0.4, 0.5) is 14.6 Å². The number of H-pyrrole nitrogens is 2. The number of fused-ring (bicyclic) bond motifs is 4. The number of carbonyl (C=O) groups excluding carboxylic acids is 2. The van der Waals surface area contributed by atoms with Crippen LogP contribution in [0.2, 0.25) is 0 Å². The molecule has 7 aromatic rings. The van der Waals surface area contributed by atoms with Crippen molar-refractivity contribution in [1.29, 1.82) is 0 Å². The number of nitrogens with one attached hydrogen (secondary N) is 2. The summed E-state index contributed by atoms with van der Waals surface area (Å²) in [6.45, 7) is 8.94. The van der Waals surface area contributed by atoms with E-state index in [0.29, 0.717) is 137 Å². The second kappa shape index (κ2) is 21.4. The molecule has 1 unspecified atom stereocenters. The second-order valence-electron chi connectivity index (χ2n) is 21.2. The third-order valence-electron chi connectivity index (χ3n) is 16.2. The van der Waals surface area contributed by atoms with E-state index in [-0.39, 0.29) is 59.5 Å². The number of aromatic amines is 2. The normalized spacial score (nSPS) is 18.4. The minimum atomic E-state index is -0.576. The summed E-state index contributed by atoms with van der Waals surface area (Å²) in [5.74, 6) is 1.71. The van der Waals surface area contributed by atoms with Gasteiger partial charge in [-0.05, 0) is 76.6 Å². The van der Waals surface area contributed by atoms with Gasteiger partial charge in [0, 0.05) is 103 Å². The summed E-state index contributed by atoms with van der Waals surface area (Å²) in [5, 5.41) is 1.38. The summed E-state index contributed by atoms with van der Waals surface area (Å²) in [6.07, 6.45) is 10.5. The smallest absolute Gasteiger partial charge is 0.230 e. The van der Waals surface area contributed by atoms with Crippen LogP contribution in [0.25, 0.3) is 38.7 Å². The Bertz CT molecular complexity index is 3560. The number of aliphatic imine (C=N–C) groups is 1. The number of nitrogens with zero attached hydrogens (tertiary/aromatic N) is 7.